The van der Waals surface area contributed by atoms with Crippen molar-refractivity contribution in [2.75, 3.05) is 0 Å². The lowest BCUT2D eigenvalue weighted by Crippen LogP contribution is -1.96. The standard InChI is InChI=1S/C11H12N2O3/c1-2-10(14)7-6-12-8-4-3-5-9(11(7)8)13(15)16/h3-6,10,12,14H,2H2,1H3/t10-/m1/s1. The zero-order chi connectivity index (χ0) is 11.7. The molecule has 1 heterocycles. The maximum atomic E-state index is 10.9. The van der Waals surface area contributed by atoms with Gasteiger partial charge in [0.05, 0.1) is 21.9 Å². The Morgan fingerprint density at radius 2 is 2.31 bits per heavy atom. The van der Waals surface area contributed by atoms with Gasteiger partial charge >= 0.3 is 0 Å². The van der Waals surface area contributed by atoms with Crippen molar-refractivity contribution in [1.29, 1.82) is 0 Å². The van der Waals surface area contributed by atoms with E-state index >= 15 is 0 Å². The second kappa shape index (κ2) is 3.94. The van der Waals surface area contributed by atoms with Gasteiger partial charge in [-0.05, 0) is 12.5 Å². The van der Waals surface area contributed by atoms with E-state index in [1.54, 1.807) is 18.3 Å². The Morgan fingerprint density at radius 3 is 2.94 bits per heavy atom. The van der Waals surface area contributed by atoms with E-state index in [1.165, 1.54) is 6.07 Å². The first-order valence-corrected chi connectivity index (χ1v) is 5.07. The lowest BCUT2D eigenvalue weighted by molar-refractivity contribution is -0.383. The van der Waals surface area contributed by atoms with Crippen LogP contribution in [-0.4, -0.2) is 15.0 Å². The summed E-state index contributed by atoms with van der Waals surface area (Å²) in [6.45, 7) is 1.83. The molecular weight excluding hydrogens is 208 g/mol. The van der Waals surface area contributed by atoms with Crippen LogP contribution in [0.1, 0.15) is 25.0 Å². The fraction of sp³-hybridized carbons (Fsp3) is 0.273. The highest BCUT2D eigenvalue weighted by Gasteiger charge is 2.19. The number of hydrogen-bond donors (Lipinski definition) is 2. The summed E-state index contributed by atoms with van der Waals surface area (Å²) < 4.78 is 0. The summed E-state index contributed by atoms with van der Waals surface area (Å²) in [6.07, 6.45) is 1.49. The highest BCUT2D eigenvalue weighted by molar-refractivity contribution is 5.92. The largest absolute Gasteiger partial charge is 0.388 e. The van der Waals surface area contributed by atoms with Gasteiger partial charge in [0.2, 0.25) is 0 Å². The third-order valence-corrected chi connectivity index (χ3v) is 2.66. The monoisotopic (exact) mass is 220 g/mol. The van der Waals surface area contributed by atoms with E-state index in [0.717, 1.165) is 0 Å². The van der Waals surface area contributed by atoms with Gasteiger partial charge in [0.15, 0.2) is 0 Å². The summed E-state index contributed by atoms with van der Waals surface area (Å²) in [5.41, 5.74) is 1.29. The van der Waals surface area contributed by atoms with Crippen molar-refractivity contribution in [2.45, 2.75) is 19.4 Å². The number of nitrogens with one attached hydrogen (secondary N) is 1. The van der Waals surface area contributed by atoms with Gasteiger partial charge in [0.25, 0.3) is 5.69 Å². The molecule has 1 aromatic heterocycles. The Kier molecular flexibility index (Phi) is 2.62. The Morgan fingerprint density at radius 1 is 1.56 bits per heavy atom. The molecule has 0 aliphatic heterocycles. The molecule has 16 heavy (non-hydrogen) atoms. The van der Waals surface area contributed by atoms with Gasteiger partial charge in [0.1, 0.15) is 0 Å². The lowest BCUT2D eigenvalue weighted by Gasteiger charge is -2.05. The molecule has 0 aliphatic carbocycles. The number of hydrogen-bond acceptors (Lipinski definition) is 3. The normalized spacial score (nSPS) is 12.9. The average molecular weight is 220 g/mol. The number of aliphatic hydroxyl groups is 1. The average Bonchev–Trinajstić information content (AvgIpc) is 2.71. The van der Waals surface area contributed by atoms with Crippen LogP contribution in [0, 0.1) is 10.1 Å². The first kappa shape index (κ1) is 10.6. The van der Waals surface area contributed by atoms with Crippen LogP contribution in [-0.2, 0) is 0 Å². The highest BCUT2D eigenvalue weighted by atomic mass is 16.6. The van der Waals surface area contributed by atoms with E-state index in [4.69, 9.17) is 0 Å². The van der Waals surface area contributed by atoms with Gasteiger partial charge in [-0.1, -0.05) is 13.0 Å². The minimum atomic E-state index is -0.671. The zero-order valence-electron chi connectivity index (χ0n) is 8.80. The minimum Gasteiger partial charge on any atom is -0.388 e. The third-order valence-electron chi connectivity index (χ3n) is 2.66. The van der Waals surface area contributed by atoms with Crippen LogP contribution < -0.4 is 0 Å². The predicted molar refractivity (Wildman–Crippen MR) is 60.2 cm³/mol. The number of non-ortho nitro benzene ring substituents is 1. The molecule has 0 spiro atoms. The van der Waals surface area contributed by atoms with Crippen LogP contribution >= 0.6 is 0 Å². The molecule has 0 fully saturated rings. The first-order valence-electron chi connectivity index (χ1n) is 5.07. The molecule has 2 aromatic rings. The highest BCUT2D eigenvalue weighted by Crippen LogP contribution is 2.32. The topological polar surface area (TPSA) is 79.2 Å². The Balaban J connectivity index is 2.72. The first-order chi connectivity index (χ1) is 7.65. The van der Waals surface area contributed by atoms with Crippen molar-refractivity contribution in [3.63, 3.8) is 0 Å². The molecule has 0 amide bonds. The van der Waals surface area contributed by atoms with Crippen molar-refractivity contribution >= 4 is 16.6 Å². The smallest absolute Gasteiger partial charge is 0.279 e. The summed E-state index contributed by atoms with van der Waals surface area (Å²) >= 11 is 0. The molecule has 0 bridgehead atoms. The Hall–Kier alpha value is -1.88. The summed E-state index contributed by atoms with van der Waals surface area (Å²) in [5, 5.41) is 21.2. The molecule has 1 aromatic carbocycles. The van der Waals surface area contributed by atoms with E-state index in [9.17, 15) is 15.2 Å². The van der Waals surface area contributed by atoms with Crippen LogP contribution in [0.2, 0.25) is 0 Å². The second-order valence-corrected chi connectivity index (χ2v) is 3.62. The minimum absolute atomic E-state index is 0.0289. The van der Waals surface area contributed by atoms with E-state index in [2.05, 4.69) is 4.98 Å². The van der Waals surface area contributed by atoms with Gasteiger partial charge in [-0.25, -0.2) is 0 Å². The number of nitrogens with zero attached hydrogens (tertiary/aromatic N) is 1. The van der Waals surface area contributed by atoms with Gasteiger partial charge in [0, 0.05) is 17.8 Å². The van der Waals surface area contributed by atoms with Crippen LogP contribution in [0.3, 0.4) is 0 Å². The second-order valence-electron chi connectivity index (χ2n) is 3.62. The summed E-state index contributed by atoms with van der Waals surface area (Å²) in [6, 6.07) is 4.83. The number of aromatic nitrogens is 1. The van der Waals surface area contributed by atoms with Gasteiger partial charge in [-0.3, -0.25) is 10.1 Å². The van der Waals surface area contributed by atoms with Gasteiger partial charge < -0.3 is 10.1 Å². The van der Waals surface area contributed by atoms with Gasteiger partial charge in [-0.2, -0.15) is 0 Å². The number of nitro groups is 1. The number of H-pyrrole nitrogens is 1. The molecule has 2 rings (SSSR count). The number of benzene rings is 1. The molecule has 1 atom stereocenters. The number of rotatable bonds is 3. The molecule has 0 unspecified atom stereocenters. The van der Waals surface area contributed by atoms with Crippen LogP contribution in [0.25, 0.3) is 10.9 Å². The maximum absolute atomic E-state index is 10.9. The molecule has 5 heteroatoms. The van der Waals surface area contributed by atoms with Crippen LogP contribution in [0.15, 0.2) is 24.4 Å². The molecule has 2 N–H and O–H groups in total. The number of fused-ring (bicyclic) bond motifs is 1. The van der Waals surface area contributed by atoms with Crippen LogP contribution in [0.4, 0.5) is 5.69 Å². The van der Waals surface area contributed by atoms with Gasteiger partial charge in [-0.15, -0.1) is 0 Å². The fourth-order valence-electron chi connectivity index (χ4n) is 1.83. The van der Waals surface area contributed by atoms with E-state index in [1.807, 2.05) is 6.92 Å². The molecule has 0 saturated heterocycles. The molecule has 0 aliphatic rings. The molecule has 0 saturated carbocycles. The van der Waals surface area contributed by atoms with Crippen molar-refractivity contribution in [3.8, 4) is 0 Å². The van der Waals surface area contributed by atoms with Crippen molar-refractivity contribution in [1.82, 2.24) is 4.98 Å². The molecule has 0 radical (unpaired) electrons. The van der Waals surface area contributed by atoms with Crippen molar-refractivity contribution < 1.29 is 10.0 Å². The number of nitro benzene ring substituents is 1. The van der Waals surface area contributed by atoms with E-state index in [-0.39, 0.29) is 5.69 Å². The maximum Gasteiger partial charge on any atom is 0.279 e. The zero-order valence-corrected chi connectivity index (χ0v) is 8.80. The SMILES string of the molecule is CC[C@@H](O)c1c[nH]c2cccc([N+](=O)[O-])c12. The summed E-state index contributed by atoms with van der Waals surface area (Å²) in [7, 11) is 0. The Labute approximate surface area is 91.9 Å². The summed E-state index contributed by atoms with van der Waals surface area (Å²) in [4.78, 5) is 13.4. The number of aliphatic hydroxyl groups excluding tert-OH is 1. The molecular formula is C11H12N2O3. The third kappa shape index (κ3) is 1.55. The Bertz CT molecular complexity index is 533. The van der Waals surface area contributed by atoms with Crippen LogP contribution in [0.5, 0.6) is 0 Å². The summed E-state index contributed by atoms with van der Waals surface area (Å²) in [5.74, 6) is 0. The lowest BCUT2D eigenvalue weighted by atomic mass is 10.1. The van der Waals surface area contributed by atoms with E-state index in [0.29, 0.717) is 22.9 Å². The van der Waals surface area contributed by atoms with Crippen molar-refractivity contribution in [2.24, 2.45) is 0 Å². The number of aromatic amines is 1. The fourth-order valence-corrected chi connectivity index (χ4v) is 1.83. The predicted octanol–water partition coefficient (Wildman–Crippen LogP) is 2.52. The molecule has 84 valence electrons. The quantitative estimate of drug-likeness (QED) is 0.616. The van der Waals surface area contributed by atoms with Crippen molar-refractivity contribution in [3.05, 3.63) is 40.1 Å². The molecule has 5 nitrogen and oxygen atoms in total. The van der Waals surface area contributed by atoms with E-state index < -0.39 is 11.0 Å².